The van der Waals surface area contributed by atoms with E-state index in [1.807, 2.05) is 66.7 Å². The summed E-state index contributed by atoms with van der Waals surface area (Å²) in [5.41, 5.74) is 3.28. The molecule has 142 valence electrons. The van der Waals surface area contributed by atoms with Gasteiger partial charge in [0.25, 0.3) is 0 Å². The van der Waals surface area contributed by atoms with Crippen LogP contribution in [-0.4, -0.2) is 24.2 Å². The van der Waals surface area contributed by atoms with Gasteiger partial charge in [-0.3, -0.25) is 0 Å². The fraction of sp³-hybridized carbons (Fsp3) is 0.0909. The number of methoxy groups -OCH3 is 2. The highest BCUT2D eigenvalue weighted by Gasteiger charge is 2.14. The number of ether oxygens (including phenoxy) is 2. The van der Waals surface area contributed by atoms with Gasteiger partial charge in [0.1, 0.15) is 21.5 Å². The molecule has 6 heteroatoms. The van der Waals surface area contributed by atoms with E-state index in [2.05, 4.69) is 10.6 Å². The lowest BCUT2D eigenvalue weighted by Gasteiger charge is -2.18. The van der Waals surface area contributed by atoms with Crippen LogP contribution in [0.1, 0.15) is 11.1 Å². The van der Waals surface area contributed by atoms with Gasteiger partial charge in [0, 0.05) is 17.2 Å². The van der Waals surface area contributed by atoms with Crippen LogP contribution in [0.3, 0.4) is 0 Å². The minimum atomic E-state index is 0.598. The molecule has 3 aromatic rings. The van der Waals surface area contributed by atoms with E-state index in [0.717, 1.165) is 22.5 Å². The monoisotopic (exact) mass is 408 g/mol. The lowest BCUT2D eigenvalue weighted by molar-refractivity contribution is 0.397. The Balaban J connectivity index is 1.91. The summed E-state index contributed by atoms with van der Waals surface area (Å²) < 4.78 is 11.0. The third-order valence-corrected chi connectivity index (χ3v) is 4.77. The van der Waals surface area contributed by atoms with Gasteiger partial charge in [-0.05, 0) is 6.07 Å². The van der Waals surface area contributed by atoms with Crippen molar-refractivity contribution < 1.29 is 9.47 Å². The first-order valence-electron chi connectivity index (χ1n) is 8.61. The van der Waals surface area contributed by atoms with Crippen molar-refractivity contribution in [3.63, 3.8) is 0 Å². The first-order chi connectivity index (χ1) is 13.6. The summed E-state index contributed by atoms with van der Waals surface area (Å²) in [5, 5.41) is 6.50. The Kier molecular flexibility index (Phi) is 6.57. The Bertz CT molecular complexity index is 900. The minimum absolute atomic E-state index is 0.598. The summed E-state index contributed by atoms with van der Waals surface area (Å²) in [6, 6.07) is 23.2. The van der Waals surface area contributed by atoms with Gasteiger partial charge in [0.05, 0.1) is 25.6 Å². The molecule has 0 fully saturated rings. The standard InChI is InChI=1S/C22H20N2O2S2/c1-25-19-14-20(26-2)18(24-22(28)16-11-7-4-8-12-16)13-17(19)23-21(27)15-9-5-3-6-10-15/h3-14H,1-2H3,(H,23,27)(H,24,28). The highest BCUT2D eigenvalue weighted by molar-refractivity contribution is 7.81. The molecule has 3 rings (SSSR count). The molecule has 0 bridgehead atoms. The van der Waals surface area contributed by atoms with Crippen molar-refractivity contribution >= 4 is 45.8 Å². The smallest absolute Gasteiger partial charge is 0.146 e. The number of benzene rings is 3. The number of rotatable bonds is 6. The van der Waals surface area contributed by atoms with Gasteiger partial charge in [-0.1, -0.05) is 85.1 Å². The van der Waals surface area contributed by atoms with E-state index >= 15 is 0 Å². The summed E-state index contributed by atoms with van der Waals surface area (Å²) >= 11 is 11.1. The Labute approximate surface area is 175 Å². The molecule has 0 unspecified atom stereocenters. The largest absolute Gasteiger partial charge is 0.494 e. The van der Waals surface area contributed by atoms with Gasteiger partial charge in [-0.2, -0.15) is 0 Å². The molecular formula is C22H20N2O2S2. The molecule has 0 aromatic heterocycles. The SMILES string of the molecule is COc1cc(OC)c(NC(=S)c2ccccc2)cc1NC(=S)c1ccccc1. The molecule has 4 nitrogen and oxygen atoms in total. The maximum absolute atomic E-state index is 5.53. The second kappa shape index (κ2) is 9.30. The van der Waals surface area contributed by atoms with Crippen molar-refractivity contribution in [2.75, 3.05) is 24.9 Å². The van der Waals surface area contributed by atoms with Crippen molar-refractivity contribution in [1.29, 1.82) is 0 Å². The molecule has 0 aliphatic heterocycles. The topological polar surface area (TPSA) is 42.5 Å². The van der Waals surface area contributed by atoms with Gasteiger partial charge in [0.2, 0.25) is 0 Å². The van der Waals surface area contributed by atoms with Crippen molar-refractivity contribution in [3.8, 4) is 11.5 Å². The average molecular weight is 409 g/mol. The van der Waals surface area contributed by atoms with E-state index in [9.17, 15) is 0 Å². The first-order valence-corrected chi connectivity index (χ1v) is 9.43. The van der Waals surface area contributed by atoms with E-state index in [1.165, 1.54) is 0 Å². The minimum Gasteiger partial charge on any atom is -0.494 e. The summed E-state index contributed by atoms with van der Waals surface area (Å²) in [6.07, 6.45) is 0. The number of hydrogen-bond donors (Lipinski definition) is 2. The van der Waals surface area contributed by atoms with E-state index in [0.29, 0.717) is 21.5 Å². The van der Waals surface area contributed by atoms with Crippen molar-refractivity contribution in [3.05, 3.63) is 83.9 Å². The van der Waals surface area contributed by atoms with Crippen molar-refractivity contribution in [2.24, 2.45) is 0 Å². The van der Waals surface area contributed by atoms with Crippen LogP contribution in [0, 0.1) is 0 Å². The van der Waals surface area contributed by atoms with Crippen LogP contribution in [0.4, 0.5) is 11.4 Å². The maximum Gasteiger partial charge on any atom is 0.146 e. The maximum atomic E-state index is 5.53. The van der Waals surface area contributed by atoms with E-state index in [1.54, 1.807) is 20.3 Å². The molecule has 0 saturated carbocycles. The zero-order chi connectivity index (χ0) is 19.9. The Morgan fingerprint density at radius 2 is 1.04 bits per heavy atom. The normalized spacial score (nSPS) is 10.1. The zero-order valence-electron chi connectivity index (χ0n) is 15.6. The summed E-state index contributed by atoms with van der Waals surface area (Å²) in [5.74, 6) is 1.23. The molecule has 0 aliphatic carbocycles. The third-order valence-electron chi connectivity index (χ3n) is 4.09. The summed E-state index contributed by atoms with van der Waals surface area (Å²) in [6.45, 7) is 0. The van der Waals surface area contributed by atoms with Crippen LogP contribution < -0.4 is 20.1 Å². The predicted octanol–water partition coefficient (Wildman–Crippen LogP) is 5.28. The molecule has 3 aromatic carbocycles. The lowest BCUT2D eigenvalue weighted by atomic mass is 10.2. The van der Waals surface area contributed by atoms with E-state index < -0.39 is 0 Å². The highest BCUT2D eigenvalue weighted by atomic mass is 32.1. The van der Waals surface area contributed by atoms with Gasteiger partial charge in [-0.25, -0.2) is 0 Å². The van der Waals surface area contributed by atoms with E-state index in [4.69, 9.17) is 33.9 Å². The molecule has 2 N–H and O–H groups in total. The van der Waals surface area contributed by atoms with Gasteiger partial charge in [-0.15, -0.1) is 0 Å². The number of nitrogens with one attached hydrogen (secondary N) is 2. The van der Waals surface area contributed by atoms with Crippen LogP contribution in [0.15, 0.2) is 72.8 Å². The second-order valence-electron chi connectivity index (χ2n) is 5.89. The number of anilines is 2. The van der Waals surface area contributed by atoms with Gasteiger partial charge >= 0.3 is 0 Å². The van der Waals surface area contributed by atoms with E-state index in [-0.39, 0.29) is 0 Å². The second-order valence-corrected chi connectivity index (χ2v) is 6.71. The molecule has 0 aliphatic rings. The highest BCUT2D eigenvalue weighted by Crippen LogP contribution is 2.37. The van der Waals surface area contributed by atoms with Crippen LogP contribution in [0.2, 0.25) is 0 Å². The first kappa shape index (κ1) is 19.8. The number of thiocarbonyl (C=S) groups is 2. The summed E-state index contributed by atoms with van der Waals surface area (Å²) in [7, 11) is 3.21. The molecule has 0 saturated heterocycles. The molecule has 0 spiro atoms. The van der Waals surface area contributed by atoms with Crippen LogP contribution >= 0.6 is 24.4 Å². The quantitative estimate of drug-likeness (QED) is 0.541. The van der Waals surface area contributed by atoms with Crippen molar-refractivity contribution in [1.82, 2.24) is 0 Å². The molecular weight excluding hydrogens is 388 g/mol. The third kappa shape index (κ3) is 4.65. The van der Waals surface area contributed by atoms with Crippen LogP contribution in [0.25, 0.3) is 0 Å². The average Bonchev–Trinajstić information content (AvgIpc) is 2.75. The molecule has 0 heterocycles. The Hall–Kier alpha value is -2.96. The van der Waals surface area contributed by atoms with Crippen LogP contribution in [0.5, 0.6) is 11.5 Å². The molecule has 28 heavy (non-hydrogen) atoms. The van der Waals surface area contributed by atoms with Gasteiger partial charge in [0.15, 0.2) is 0 Å². The fourth-order valence-electron chi connectivity index (χ4n) is 2.66. The zero-order valence-corrected chi connectivity index (χ0v) is 17.2. The summed E-state index contributed by atoms with van der Waals surface area (Å²) in [4.78, 5) is 1.20. The molecule has 0 amide bonds. The molecule has 0 radical (unpaired) electrons. The van der Waals surface area contributed by atoms with Crippen LogP contribution in [-0.2, 0) is 0 Å². The Morgan fingerprint density at radius 3 is 1.39 bits per heavy atom. The fourth-order valence-corrected chi connectivity index (χ4v) is 3.15. The van der Waals surface area contributed by atoms with Crippen molar-refractivity contribution in [2.45, 2.75) is 0 Å². The number of hydrogen-bond acceptors (Lipinski definition) is 4. The predicted molar refractivity (Wildman–Crippen MR) is 123 cm³/mol. The van der Waals surface area contributed by atoms with Gasteiger partial charge < -0.3 is 20.1 Å². The Morgan fingerprint density at radius 1 is 0.643 bits per heavy atom. The lowest BCUT2D eigenvalue weighted by Crippen LogP contribution is -2.14. The molecule has 0 atom stereocenters.